The summed E-state index contributed by atoms with van der Waals surface area (Å²) in [6.07, 6.45) is 1.46. The molecule has 1 aromatic heterocycles. The number of fused-ring (bicyclic) bond motifs is 1. The molecule has 0 radical (unpaired) electrons. The molecule has 1 aromatic carbocycles. The summed E-state index contributed by atoms with van der Waals surface area (Å²) < 4.78 is 13.9. The molecule has 0 bridgehead atoms. The Morgan fingerprint density at radius 2 is 2.08 bits per heavy atom. The zero-order valence-electron chi connectivity index (χ0n) is 6.09. The third-order valence-corrected chi connectivity index (χ3v) is 2.17. The quantitative estimate of drug-likeness (QED) is 0.629. The molecule has 0 unspecified atom stereocenters. The average Bonchev–Trinajstić information content (AvgIpc) is 2.07. The van der Waals surface area contributed by atoms with E-state index in [1.807, 2.05) is 12.1 Å². The maximum Gasteiger partial charge on any atom is 0.220 e. The van der Waals surface area contributed by atoms with Gasteiger partial charge in [0.25, 0.3) is 0 Å². The van der Waals surface area contributed by atoms with E-state index in [1.54, 1.807) is 12.1 Å². The van der Waals surface area contributed by atoms with E-state index in [1.165, 1.54) is 6.20 Å². The number of benzene rings is 1. The third-order valence-electron chi connectivity index (χ3n) is 1.68. The Morgan fingerprint density at radius 1 is 1.25 bits per heavy atom. The maximum atomic E-state index is 13.0. The minimum atomic E-state index is -0.422. The van der Waals surface area contributed by atoms with Crippen LogP contribution < -0.4 is 0 Å². The van der Waals surface area contributed by atoms with Crippen LogP contribution in [0.1, 0.15) is 0 Å². The number of nitrogens with zero attached hydrogens (tertiary/aromatic N) is 1. The highest BCUT2D eigenvalue weighted by Crippen LogP contribution is 2.20. The van der Waals surface area contributed by atoms with Crippen LogP contribution in [0.15, 0.2) is 34.9 Å². The van der Waals surface area contributed by atoms with Crippen molar-refractivity contribution in [2.24, 2.45) is 0 Å². The Morgan fingerprint density at radius 3 is 2.92 bits per heavy atom. The topological polar surface area (TPSA) is 12.9 Å². The zero-order valence-corrected chi connectivity index (χ0v) is 7.68. The summed E-state index contributed by atoms with van der Waals surface area (Å²) in [5, 5.41) is 1.41. The Hall–Kier alpha value is -0.960. The molecule has 2 rings (SSSR count). The summed E-state index contributed by atoms with van der Waals surface area (Å²) in [7, 11) is 0. The maximum absolute atomic E-state index is 13.0. The molecule has 60 valence electrons. The molecule has 0 saturated carbocycles. The standard InChI is InChI=1S/C9H5BrFN/c10-7-2-1-6-3-4-12-9(11)8(6)5-7/h1-5H. The molecule has 0 aliphatic heterocycles. The first-order valence-corrected chi connectivity index (χ1v) is 4.26. The van der Waals surface area contributed by atoms with Gasteiger partial charge in [0, 0.05) is 16.1 Å². The van der Waals surface area contributed by atoms with Crippen molar-refractivity contribution in [1.29, 1.82) is 0 Å². The first-order valence-electron chi connectivity index (χ1n) is 3.47. The van der Waals surface area contributed by atoms with Crippen LogP contribution in [0.5, 0.6) is 0 Å². The lowest BCUT2D eigenvalue weighted by Gasteiger charge is -1.97. The monoisotopic (exact) mass is 225 g/mol. The van der Waals surface area contributed by atoms with Gasteiger partial charge in [0.2, 0.25) is 5.95 Å². The van der Waals surface area contributed by atoms with Crippen LogP contribution in [-0.4, -0.2) is 4.98 Å². The summed E-state index contributed by atoms with van der Waals surface area (Å²) in [5.74, 6) is -0.422. The third kappa shape index (κ3) is 1.20. The summed E-state index contributed by atoms with van der Waals surface area (Å²) in [5.41, 5.74) is 0. The number of rotatable bonds is 0. The van der Waals surface area contributed by atoms with Gasteiger partial charge in [-0.05, 0) is 23.6 Å². The van der Waals surface area contributed by atoms with Gasteiger partial charge >= 0.3 is 0 Å². The van der Waals surface area contributed by atoms with E-state index in [-0.39, 0.29) is 0 Å². The van der Waals surface area contributed by atoms with Crippen molar-refractivity contribution in [3.8, 4) is 0 Å². The predicted molar refractivity (Wildman–Crippen MR) is 49.4 cm³/mol. The molecule has 0 spiro atoms. The fourth-order valence-corrected chi connectivity index (χ4v) is 1.47. The van der Waals surface area contributed by atoms with Crippen LogP contribution in [0, 0.1) is 5.95 Å². The second-order valence-electron chi connectivity index (χ2n) is 2.47. The first kappa shape index (κ1) is 7.68. The van der Waals surface area contributed by atoms with Crippen molar-refractivity contribution in [1.82, 2.24) is 4.98 Å². The van der Waals surface area contributed by atoms with Gasteiger partial charge in [-0.1, -0.05) is 22.0 Å². The average molecular weight is 226 g/mol. The van der Waals surface area contributed by atoms with E-state index in [9.17, 15) is 4.39 Å². The lowest BCUT2D eigenvalue weighted by atomic mass is 10.2. The highest BCUT2D eigenvalue weighted by Gasteiger charge is 2.00. The van der Waals surface area contributed by atoms with Gasteiger partial charge < -0.3 is 0 Å². The van der Waals surface area contributed by atoms with Crippen molar-refractivity contribution < 1.29 is 4.39 Å². The SMILES string of the molecule is Fc1nccc2ccc(Br)cc12. The molecule has 1 nitrogen and oxygen atoms in total. The van der Waals surface area contributed by atoms with Crippen LogP contribution in [0.25, 0.3) is 10.8 Å². The van der Waals surface area contributed by atoms with Crippen LogP contribution in [0.3, 0.4) is 0 Å². The summed E-state index contributed by atoms with van der Waals surface area (Å²) in [4.78, 5) is 3.56. The molecular weight excluding hydrogens is 221 g/mol. The molecule has 2 aromatic rings. The van der Waals surface area contributed by atoms with Gasteiger partial charge in [-0.15, -0.1) is 0 Å². The Balaban J connectivity index is 2.88. The van der Waals surface area contributed by atoms with Crippen LogP contribution in [0.2, 0.25) is 0 Å². The zero-order chi connectivity index (χ0) is 8.55. The Kier molecular flexibility index (Phi) is 1.81. The molecule has 0 N–H and O–H groups in total. The minimum Gasteiger partial charge on any atom is -0.228 e. The van der Waals surface area contributed by atoms with Gasteiger partial charge in [0.1, 0.15) is 0 Å². The van der Waals surface area contributed by atoms with E-state index >= 15 is 0 Å². The van der Waals surface area contributed by atoms with Crippen LogP contribution >= 0.6 is 15.9 Å². The van der Waals surface area contributed by atoms with Gasteiger partial charge in [-0.3, -0.25) is 0 Å². The van der Waals surface area contributed by atoms with Crippen LogP contribution in [0.4, 0.5) is 4.39 Å². The van der Waals surface area contributed by atoms with Gasteiger partial charge in [0.15, 0.2) is 0 Å². The lowest BCUT2D eigenvalue weighted by molar-refractivity contribution is 0.597. The van der Waals surface area contributed by atoms with Crippen molar-refractivity contribution in [3.05, 3.63) is 40.9 Å². The molecule has 0 aliphatic carbocycles. The number of hydrogen-bond acceptors (Lipinski definition) is 1. The number of aromatic nitrogens is 1. The van der Waals surface area contributed by atoms with E-state index in [4.69, 9.17) is 0 Å². The van der Waals surface area contributed by atoms with Crippen LogP contribution in [-0.2, 0) is 0 Å². The smallest absolute Gasteiger partial charge is 0.220 e. The molecule has 0 fully saturated rings. The van der Waals surface area contributed by atoms with Gasteiger partial charge in [-0.2, -0.15) is 4.39 Å². The van der Waals surface area contributed by atoms with Gasteiger partial charge in [-0.25, -0.2) is 4.98 Å². The number of halogens is 2. The van der Waals surface area contributed by atoms with Crippen molar-refractivity contribution in [2.45, 2.75) is 0 Å². The first-order chi connectivity index (χ1) is 5.77. The minimum absolute atomic E-state index is 0.422. The molecule has 0 aliphatic rings. The van der Waals surface area contributed by atoms with Crippen molar-refractivity contribution >= 4 is 26.7 Å². The predicted octanol–water partition coefficient (Wildman–Crippen LogP) is 3.14. The van der Waals surface area contributed by atoms with E-state index in [0.29, 0.717) is 5.39 Å². The van der Waals surface area contributed by atoms with E-state index in [0.717, 1.165) is 9.86 Å². The molecule has 3 heteroatoms. The normalized spacial score (nSPS) is 10.5. The lowest BCUT2D eigenvalue weighted by Crippen LogP contribution is -1.83. The van der Waals surface area contributed by atoms with E-state index < -0.39 is 5.95 Å². The van der Waals surface area contributed by atoms with Crippen molar-refractivity contribution in [2.75, 3.05) is 0 Å². The second kappa shape index (κ2) is 2.83. The van der Waals surface area contributed by atoms with E-state index in [2.05, 4.69) is 20.9 Å². The molecule has 0 amide bonds. The van der Waals surface area contributed by atoms with Crippen molar-refractivity contribution in [3.63, 3.8) is 0 Å². The molecular formula is C9H5BrFN. The molecule has 1 heterocycles. The number of pyridine rings is 1. The summed E-state index contributed by atoms with van der Waals surface area (Å²) in [6.45, 7) is 0. The highest BCUT2D eigenvalue weighted by molar-refractivity contribution is 9.10. The Bertz CT molecular complexity index is 428. The Labute approximate surface area is 77.4 Å². The molecule has 0 saturated heterocycles. The molecule has 0 atom stereocenters. The van der Waals surface area contributed by atoms with Gasteiger partial charge in [0.05, 0.1) is 0 Å². The molecule has 12 heavy (non-hydrogen) atoms. The highest BCUT2D eigenvalue weighted by atomic mass is 79.9. The number of hydrogen-bond donors (Lipinski definition) is 0. The summed E-state index contributed by atoms with van der Waals surface area (Å²) in [6, 6.07) is 7.23. The second-order valence-corrected chi connectivity index (χ2v) is 3.38. The largest absolute Gasteiger partial charge is 0.228 e. The summed E-state index contributed by atoms with van der Waals surface area (Å²) >= 11 is 3.27. The fourth-order valence-electron chi connectivity index (χ4n) is 1.11. The fraction of sp³-hybridized carbons (Fsp3) is 0.